The van der Waals surface area contributed by atoms with Crippen LogP contribution in [0.2, 0.25) is 5.02 Å². The number of nitrogens with two attached hydrogens (primary N) is 1. The zero-order valence-electron chi connectivity index (χ0n) is 11.3. The molecule has 0 aliphatic carbocycles. The highest BCUT2D eigenvalue weighted by molar-refractivity contribution is 7.99. The maximum atomic E-state index is 13.2. The first kappa shape index (κ1) is 17.6. The van der Waals surface area contributed by atoms with Crippen LogP contribution in [0.3, 0.4) is 0 Å². The van der Waals surface area contributed by atoms with E-state index in [0.29, 0.717) is 6.42 Å². The summed E-state index contributed by atoms with van der Waals surface area (Å²) in [4.78, 5) is -0.201. The van der Waals surface area contributed by atoms with Crippen molar-refractivity contribution in [2.45, 2.75) is 31.2 Å². The largest absolute Gasteiger partial charge is 0.396 e. The van der Waals surface area contributed by atoms with Gasteiger partial charge in [0, 0.05) is 6.04 Å². The highest BCUT2D eigenvalue weighted by Gasteiger charge is 2.22. The predicted octanol–water partition coefficient (Wildman–Crippen LogP) is 2.87. The Labute approximate surface area is 128 Å². The van der Waals surface area contributed by atoms with E-state index in [1.807, 2.05) is 6.92 Å². The van der Waals surface area contributed by atoms with Crippen LogP contribution in [0.4, 0.5) is 10.1 Å². The number of hydrogen-bond acceptors (Lipinski definition) is 4. The van der Waals surface area contributed by atoms with Crippen molar-refractivity contribution < 1.29 is 12.8 Å². The van der Waals surface area contributed by atoms with Gasteiger partial charge in [-0.2, -0.15) is 11.8 Å². The van der Waals surface area contributed by atoms with E-state index in [9.17, 15) is 12.8 Å². The molecule has 0 aromatic heterocycles. The zero-order valence-corrected chi connectivity index (χ0v) is 13.7. The van der Waals surface area contributed by atoms with Crippen LogP contribution in [0, 0.1) is 5.82 Å². The molecule has 0 aliphatic heterocycles. The fraction of sp³-hybridized carbons (Fsp3) is 0.500. The average Bonchev–Trinajstić information content (AvgIpc) is 2.33. The highest BCUT2D eigenvalue weighted by Crippen LogP contribution is 2.26. The van der Waals surface area contributed by atoms with E-state index in [1.165, 1.54) is 0 Å². The Morgan fingerprint density at radius 3 is 2.75 bits per heavy atom. The molecule has 0 saturated carbocycles. The van der Waals surface area contributed by atoms with Crippen molar-refractivity contribution in [3.63, 3.8) is 0 Å². The molecule has 20 heavy (non-hydrogen) atoms. The molecule has 0 saturated heterocycles. The Kier molecular flexibility index (Phi) is 6.57. The summed E-state index contributed by atoms with van der Waals surface area (Å²) in [6.45, 7) is 3.81. The van der Waals surface area contributed by atoms with Crippen molar-refractivity contribution in [3.05, 3.63) is 23.0 Å². The summed E-state index contributed by atoms with van der Waals surface area (Å²) in [6, 6.07) is 1.71. The molecule has 1 unspecified atom stereocenters. The van der Waals surface area contributed by atoms with E-state index in [4.69, 9.17) is 17.3 Å². The number of thioether (sulfide) groups is 1. The number of sulfonamides is 1. The molecule has 1 aromatic rings. The van der Waals surface area contributed by atoms with Gasteiger partial charge in [0.15, 0.2) is 0 Å². The van der Waals surface area contributed by atoms with Crippen LogP contribution in [0.15, 0.2) is 17.0 Å². The number of anilines is 1. The lowest BCUT2D eigenvalue weighted by molar-refractivity contribution is 0.556. The molecular weight excluding hydrogens is 323 g/mol. The summed E-state index contributed by atoms with van der Waals surface area (Å²) >= 11 is 7.51. The molecule has 0 radical (unpaired) electrons. The molecule has 4 nitrogen and oxygen atoms in total. The minimum absolute atomic E-state index is 0.181. The molecule has 114 valence electrons. The second-order valence-electron chi connectivity index (χ2n) is 4.31. The Bertz CT molecular complexity index is 567. The molecule has 1 aromatic carbocycles. The van der Waals surface area contributed by atoms with Gasteiger partial charge in [-0.25, -0.2) is 17.5 Å². The molecule has 1 atom stereocenters. The SMILES string of the molecule is CCSCCC(C)NS(=O)(=O)c1cc(N)c(F)cc1Cl. The number of hydrogen-bond donors (Lipinski definition) is 2. The van der Waals surface area contributed by atoms with Crippen LogP contribution in [0.1, 0.15) is 20.3 Å². The van der Waals surface area contributed by atoms with Crippen molar-refractivity contribution in [1.29, 1.82) is 0 Å². The Balaban J connectivity index is 2.86. The minimum Gasteiger partial charge on any atom is -0.396 e. The summed E-state index contributed by atoms with van der Waals surface area (Å²) in [7, 11) is -3.80. The molecule has 1 rings (SSSR count). The maximum absolute atomic E-state index is 13.2. The lowest BCUT2D eigenvalue weighted by Crippen LogP contribution is -2.33. The first-order valence-corrected chi connectivity index (χ1v) is 9.14. The minimum atomic E-state index is -3.80. The second-order valence-corrected chi connectivity index (χ2v) is 7.80. The first-order chi connectivity index (χ1) is 9.27. The first-order valence-electron chi connectivity index (χ1n) is 6.12. The molecule has 0 spiro atoms. The molecule has 3 N–H and O–H groups in total. The smallest absolute Gasteiger partial charge is 0.242 e. The van der Waals surface area contributed by atoms with Gasteiger partial charge in [-0.1, -0.05) is 18.5 Å². The normalized spacial score (nSPS) is 13.4. The van der Waals surface area contributed by atoms with Crippen LogP contribution in [0.25, 0.3) is 0 Å². The van der Waals surface area contributed by atoms with Gasteiger partial charge in [0.25, 0.3) is 0 Å². The fourth-order valence-electron chi connectivity index (χ4n) is 1.54. The van der Waals surface area contributed by atoms with Gasteiger partial charge in [-0.15, -0.1) is 0 Å². The summed E-state index contributed by atoms with van der Waals surface area (Å²) in [5, 5.41) is -0.181. The van der Waals surface area contributed by atoms with Gasteiger partial charge in [0.1, 0.15) is 10.7 Å². The van der Waals surface area contributed by atoms with Gasteiger partial charge in [-0.05, 0) is 37.0 Å². The van der Waals surface area contributed by atoms with E-state index in [2.05, 4.69) is 4.72 Å². The summed E-state index contributed by atoms with van der Waals surface area (Å²) in [5.74, 6) is 1.11. The molecule has 0 heterocycles. The van der Waals surface area contributed by atoms with Crippen LogP contribution in [-0.4, -0.2) is 26.0 Å². The molecule has 0 fully saturated rings. The maximum Gasteiger partial charge on any atom is 0.242 e. The van der Waals surface area contributed by atoms with Crippen molar-refractivity contribution in [2.75, 3.05) is 17.2 Å². The standard InChI is InChI=1S/C12H18ClFN2O2S2/c1-3-19-5-4-8(2)16-20(17,18)12-7-11(15)10(14)6-9(12)13/h6-8,16H,3-5,15H2,1-2H3. The lowest BCUT2D eigenvalue weighted by atomic mass is 10.3. The average molecular weight is 341 g/mol. The number of benzene rings is 1. The third-order valence-corrected chi connectivity index (χ3v) is 5.58. The summed E-state index contributed by atoms with van der Waals surface area (Å²) in [6.07, 6.45) is 0.700. The molecule has 0 aliphatic rings. The lowest BCUT2D eigenvalue weighted by Gasteiger charge is -2.15. The van der Waals surface area contributed by atoms with Gasteiger partial charge in [0.05, 0.1) is 10.7 Å². The molecule has 8 heteroatoms. The molecule has 0 bridgehead atoms. The third kappa shape index (κ3) is 4.80. The van der Waals surface area contributed by atoms with Gasteiger partial charge in [-0.3, -0.25) is 0 Å². The highest BCUT2D eigenvalue weighted by atomic mass is 35.5. The number of nitrogens with one attached hydrogen (secondary N) is 1. The van der Waals surface area contributed by atoms with Crippen molar-refractivity contribution >= 4 is 39.1 Å². The molecule has 0 amide bonds. The van der Waals surface area contributed by atoms with Crippen molar-refractivity contribution in [1.82, 2.24) is 4.72 Å². The van der Waals surface area contributed by atoms with E-state index in [1.54, 1.807) is 18.7 Å². The second kappa shape index (κ2) is 7.49. The topological polar surface area (TPSA) is 72.2 Å². The number of halogens is 2. The van der Waals surface area contributed by atoms with Gasteiger partial charge in [0.2, 0.25) is 10.0 Å². The van der Waals surface area contributed by atoms with Crippen LogP contribution >= 0.6 is 23.4 Å². The van der Waals surface area contributed by atoms with Crippen LogP contribution < -0.4 is 10.5 Å². The third-order valence-electron chi connectivity index (χ3n) is 2.60. The number of nitrogen functional groups attached to an aromatic ring is 1. The summed E-state index contributed by atoms with van der Waals surface area (Å²) in [5.41, 5.74) is 5.14. The fourth-order valence-corrected chi connectivity index (χ4v) is 4.18. The van der Waals surface area contributed by atoms with Crippen molar-refractivity contribution in [3.8, 4) is 0 Å². The van der Waals surface area contributed by atoms with E-state index in [0.717, 1.165) is 23.6 Å². The van der Waals surface area contributed by atoms with Gasteiger partial charge >= 0.3 is 0 Å². The Morgan fingerprint density at radius 2 is 2.15 bits per heavy atom. The zero-order chi connectivity index (χ0) is 15.3. The quantitative estimate of drug-likeness (QED) is 0.591. The van der Waals surface area contributed by atoms with E-state index >= 15 is 0 Å². The Hall–Kier alpha value is -0.500. The number of rotatable bonds is 7. The van der Waals surface area contributed by atoms with E-state index < -0.39 is 15.8 Å². The van der Waals surface area contributed by atoms with Crippen LogP contribution in [0.5, 0.6) is 0 Å². The Morgan fingerprint density at radius 1 is 1.50 bits per heavy atom. The van der Waals surface area contributed by atoms with Gasteiger partial charge < -0.3 is 5.73 Å². The predicted molar refractivity (Wildman–Crippen MR) is 83.2 cm³/mol. The monoisotopic (exact) mass is 340 g/mol. The van der Waals surface area contributed by atoms with E-state index in [-0.39, 0.29) is 21.6 Å². The van der Waals surface area contributed by atoms with Crippen LogP contribution in [-0.2, 0) is 10.0 Å². The molecular formula is C12H18ClFN2O2S2. The summed E-state index contributed by atoms with van der Waals surface area (Å²) < 4.78 is 40.1. The van der Waals surface area contributed by atoms with Crippen molar-refractivity contribution in [2.24, 2.45) is 0 Å².